The van der Waals surface area contributed by atoms with Crippen molar-refractivity contribution in [2.45, 2.75) is 37.3 Å². The van der Waals surface area contributed by atoms with Crippen molar-refractivity contribution in [3.05, 3.63) is 0 Å². The fourth-order valence-electron chi connectivity index (χ4n) is 1.51. The Balaban J connectivity index is 2.55. The highest BCUT2D eigenvalue weighted by Gasteiger charge is 2.36. The Morgan fingerprint density at radius 2 is 2.06 bits per heavy atom. The van der Waals surface area contributed by atoms with Crippen molar-refractivity contribution in [2.24, 2.45) is 0 Å². The molecule has 16 heavy (non-hydrogen) atoms. The zero-order valence-corrected chi connectivity index (χ0v) is 10.9. The molecule has 1 aliphatic rings. The van der Waals surface area contributed by atoms with E-state index >= 15 is 0 Å². The van der Waals surface area contributed by atoms with Crippen molar-refractivity contribution in [3.63, 3.8) is 0 Å². The van der Waals surface area contributed by atoms with E-state index in [2.05, 4.69) is 15.9 Å². The van der Waals surface area contributed by atoms with E-state index in [1.807, 2.05) is 0 Å². The molecular weight excluding hydrogens is 280 g/mol. The predicted molar refractivity (Wildman–Crippen MR) is 59.3 cm³/mol. The summed E-state index contributed by atoms with van der Waals surface area (Å²) in [5.41, 5.74) is 0. The van der Waals surface area contributed by atoms with E-state index in [1.165, 1.54) is 13.8 Å². The van der Waals surface area contributed by atoms with E-state index in [-0.39, 0.29) is 23.4 Å². The lowest BCUT2D eigenvalue weighted by Crippen LogP contribution is -2.47. The van der Waals surface area contributed by atoms with Crippen molar-refractivity contribution in [2.75, 3.05) is 13.2 Å². The van der Waals surface area contributed by atoms with Crippen LogP contribution >= 0.6 is 15.9 Å². The largest absolute Gasteiger partial charge is 0.463 e. The van der Waals surface area contributed by atoms with Gasteiger partial charge < -0.3 is 14.2 Å². The molecule has 0 bridgehead atoms. The maximum absolute atomic E-state index is 10.9. The number of esters is 2. The van der Waals surface area contributed by atoms with Gasteiger partial charge in [-0.3, -0.25) is 9.59 Å². The van der Waals surface area contributed by atoms with Crippen molar-refractivity contribution >= 4 is 27.9 Å². The molecule has 0 aromatic carbocycles. The zero-order chi connectivity index (χ0) is 12.1. The molecule has 0 unspecified atom stereocenters. The number of hydrogen-bond acceptors (Lipinski definition) is 5. The minimum atomic E-state index is -0.411. The number of alkyl halides is 1. The summed E-state index contributed by atoms with van der Waals surface area (Å²) in [4.78, 5) is 21.7. The van der Waals surface area contributed by atoms with Gasteiger partial charge in [0.25, 0.3) is 0 Å². The first-order chi connectivity index (χ1) is 7.50. The van der Waals surface area contributed by atoms with E-state index in [9.17, 15) is 9.59 Å². The molecule has 0 amide bonds. The molecular formula is C10H15BrO5. The normalized spacial score (nSPS) is 29.6. The lowest BCUT2D eigenvalue weighted by Gasteiger charge is -2.34. The van der Waals surface area contributed by atoms with Gasteiger partial charge in [0, 0.05) is 20.5 Å². The van der Waals surface area contributed by atoms with Crippen LogP contribution in [0.3, 0.4) is 0 Å². The highest BCUT2D eigenvalue weighted by atomic mass is 79.9. The summed E-state index contributed by atoms with van der Waals surface area (Å²) < 4.78 is 15.4. The van der Waals surface area contributed by atoms with Crippen LogP contribution in [0.5, 0.6) is 0 Å². The van der Waals surface area contributed by atoms with Crippen molar-refractivity contribution in [3.8, 4) is 0 Å². The van der Waals surface area contributed by atoms with Crippen LogP contribution in [0, 0.1) is 0 Å². The molecule has 5 nitrogen and oxygen atoms in total. The SMILES string of the molecule is CC(=O)OC[C@H]1OCC[C@H](Br)[C@@H]1OC(C)=O. The van der Waals surface area contributed by atoms with Gasteiger partial charge in [0.15, 0.2) is 0 Å². The molecule has 1 fully saturated rings. The van der Waals surface area contributed by atoms with Crippen LogP contribution in [0.2, 0.25) is 0 Å². The molecule has 92 valence electrons. The monoisotopic (exact) mass is 294 g/mol. The molecule has 1 rings (SSSR count). The minimum absolute atomic E-state index is 0.0331. The highest BCUT2D eigenvalue weighted by molar-refractivity contribution is 9.09. The van der Waals surface area contributed by atoms with E-state index in [0.717, 1.165) is 6.42 Å². The lowest BCUT2D eigenvalue weighted by molar-refractivity contribution is -0.168. The number of hydrogen-bond donors (Lipinski definition) is 0. The van der Waals surface area contributed by atoms with Crippen LogP contribution in [-0.2, 0) is 23.8 Å². The molecule has 0 N–H and O–H groups in total. The van der Waals surface area contributed by atoms with Gasteiger partial charge in [0.1, 0.15) is 18.8 Å². The average Bonchev–Trinajstić information content (AvgIpc) is 2.18. The summed E-state index contributed by atoms with van der Waals surface area (Å²) in [5, 5.41) is 0. The van der Waals surface area contributed by atoms with E-state index in [0.29, 0.717) is 6.61 Å². The molecule has 0 aromatic rings. The number of halogens is 1. The van der Waals surface area contributed by atoms with E-state index in [1.54, 1.807) is 0 Å². The van der Waals surface area contributed by atoms with Crippen LogP contribution in [0.4, 0.5) is 0 Å². The first kappa shape index (κ1) is 13.4. The van der Waals surface area contributed by atoms with Crippen LogP contribution in [0.1, 0.15) is 20.3 Å². The Morgan fingerprint density at radius 3 is 2.62 bits per heavy atom. The molecule has 1 saturated heterocycles. The van der Waals surface area contributed by atoms with Crippen molar-refractivity contribution in [1.82, 2.24) is 0 Å². The fourth-order valence-corrected chi connectivity index (χ4v) is 2.14. The smallest absolute Gasteiger partial charge is 0.303 e. The lowest BCUT2D eigenvalue weighted by atomic mass is 10.1. The van der Waals surface area contributed by atoms with Gasteiger partial charge in [-0.05, 0) is 6.42 Å². The molecule has 1 heterocycles. The molecule has 0 spiro atoms. The van der Waals surface area contributed by atoms with E-state index < -0.39 is 12.2 Å². The summed E-state index contributed by atoms with van der Waals surface area (Å²) in [5.74, 6) is -0.741. The Morgan fingerprint density at radius 1 is 1.38 bits per heavy atom. The van der Waals surface area contributed by atoms with Gasteiger partial charge in [-0.15, -0.1) is 0 Å². The third-order valence-corrected chi connectivity index (χ3v) is 3.18. The standard InChI is InChI=1S/C10H15BrO5/c1-6(12)15-5-9-10(16-7(2)13)8(11)3-4-14-9/h8-10H,3-5H2,1-2H3/t8-,9+,10-/m0/s1. The third kappa shape index (κ3) is 4.09. The van der Waals surface area contributed by atoms with Gasteiger partial charge in [0.05, 0.1) is 4.83 Å². The molecule has 3 atom stereocenters. The molecule has 6 heteroatoms. The van der Waals surface area contributed by atoms with Gasteiger partial charge in [-0.2, -0.15) is 0 Å². The average molecular weight is 295 g/mol. The second kappa shape index (κ2) is 6.20. The van der Waals surface area contributed by atoms with Crippen LogP contribution in [-0.4, -0.2) is 42.2 Å². The van der Waals surface area contributed by atoms with Crippen LogP contribution in [0.15, 0.2) is 0 Å². The second-order valence-electron chi connectivity index (χ2n) is 3.59. The van der Waals surface area contributed by atoms with Crippen LogP contribution < -0.4 is 0 Å². The summed E-state index contributed by atoms with van der Waals surface area (Å²) in [7, 11) is 0. The third-order valence-electron chi connectivity index (χ3n) is 2.20. The molecule has 1 aliphatic heterocycles. The highest BCUT2D eigenvalue weighted by Crippen LogP contribution is 2.24. The summed E-state index contributed by atoms with van der Waals surface area (Å²) >= 11 is 3.43. The Bertz CT molecular complexity index is 268. The Hall–Kier alpha value is -0.620. The number of carbonyl (C=O) groups excluding carboxylic acids is 2. The van der Waals surface area contributed by atoms with Gasteiger partial charge in [0.2, 0.25) is 0 Å². The topological polar surface area (TPSA) is 61.8 Å². The fraction of sp³-hybridized carbons (Fsp3) is 0.800. The van der Waals surface area contributed by atoms with Crippen molar-refractivity contribution < 1.29 is 23.8 Å². The van der Waals surface area contributed by atoms with E-state index in [4.69, 9.17) is 14.2 Å². The maximum atomic E-state index is 10.9. The summed E-state index contributed by atoms with van der Waals surface area (Å²) in [6.07, 6.45) is -0.0503. The zero-order valence-electron chi connectivity index (χ0n) is 9.27. The molecule has 0 aliphatic carbocycles. The van der Waals surface area contributed by atoms with Crippen molar-refractivity contribution in [1.29, 1.82) is 0 Å². The second-order valence-corrected chi connectivity index (χ2v) is 4.77. The first-order valence-corrected chi connectivity index (χ1v) is 5.98. The Labute approximate surface area is 103 Å². The quantitative estimate of drug-likeness (QED) is 0.575. The Kier molecular flexibility index (Phi) is 5.21. The molecule has 0 saturated carbocycles. The van der Waals surface area contributed by atoms with Crippen LogP contribution in [0.25, 0.3) is 0 Å². The minimum Gasteiger partial charge on any atom is -0.463 e. The first-order valence-electron chi connectivity index (χ1n) is 5.07. The van der Waals surface area contributed by atoms with Gasteiger partial charge in [-0.25, -0.2) is 0 Å². The number of ether oxygens (including phenoxy) is 3. The summed E-state index contributed by atoms with van der Waals surface area (Å²) in [6, 6.07) is 0. The molecule has 0 radical (unpaired) electrons. The number of rotatable bonds is 3. The number of carbonyl (C=O) groups is 2. The predicted octanol–water partition coefficient (Wildman–Crippen LogP) is 1.03. The van der Waals surface area contributed by atoms with Gasteiger partial charge in [-0.1, -0.05) is 15.9 Å². The maximum Gasteiger partial charge on any atom is 0.303 e. The summed E-state index contributed by atoms with van der Waals surface area (Å²) in [6.45, 7) is 3.33. The molecule has 0 aromatic heterocycles. The van der Waals surface area contributed by atoms with Gasteiger partial charge >= 0.3 is 11.9 Å².